The first-order valence-electron chi connectivity index (χ1n) is 7.34. The van der Waals surface area contributed by atoms with Gasteiger partial charge in [-0.3, -0.25) is 4.79 Å². The van der Waals surface area contributed by atoms with Crippen LogP contribution in [0.4, 0.5) is 0 Å². The summed E-state index contributed by atoms with van der Waals surface area (Å²) in [6, 6.07) is 8.35. The van der Waals surface area contributed by atoms with E-state index in [2.05, 4.69) is 28.1 Å². The third-order valence-electron chi connectivity index (χ3n) is 4.09. The molecule has 1 saturated heterocycles. The molecular weight excluding hydrogens is 352 g/mol. The minimum absolute atomic E-state index is 0. The molecule has 2 atom stereocenters. The van der Waals surface area contributed by atoms with E-state index < -0.39 is 0 Å². The van der Waals surface area contributed by atoms with Gasteiger partial charge in [-0.2, -0.15) is 0 Å². The van der Waals surface area contributed by atoms with Crippen molar-refractivity contribution >= 4 is 34.2 Å². The van der Waals surface area contributed by atoms with E-state index in [0.717, 1.165) is 36.8 Å². The second kappa shape index (κ2) is 8.76. The Hall–Kier alpha value is -0.580. The molecule has 1 amide bonds. The number of benzene rings is 1. The van der Waals surface area contributed by atoms with Crippen LogP contribution in [0.3, 0.4) is 0 Å². The van der Waals surface area contributed by atoms with E-state index in [4.69, 9.17) is 5.73 Å². The molecule has 0 radical (unpaired) electrons. The zero-order valence-corrected chi connectivity index (χ0v) is 14.8. The summed E-state index contributed by atoms with van der Waals surface area (Å²) >= 11 is 3.42. The largest absolute Gasteiger partial charge is 0.342 e. The highest BCUT2D eigenvalue weighted by molar-refractivity contribution is 9.10. The van der Waals surface area contributed by atoms with E-state index in [-0.39, 0.29) is 24.4 Å². The quantitative estimate of drug-likeness (QED) is 0.877. The maximum absolute atomic E-state index is 12.3. The van der Waals surface area contributed by atoms with Crippen molar-refractivity contribution in [3.8, 4) is 0 Å². The van der Waals surface area contributed by atoms with Crippen molar-refractivity contribution in [3.63, 3.8) is 0 Å². The number of aryl methyl sites for hydroxylation is 1. The molecule has 2 unspecified atom stereocenters. The number of nitrogens with two attached hydrogens (primary N) is 1. The molecule has 5 heteroatoms. The maximum Gasteiger partial charge on any atom is 0.222 e. The molecule has 1 aliphatic rings. The van der Waals surface area contributed by atoms with Gasteiger partial charge < -0.3 is 10.6 Å². The maximum atomic E-state index is 12.3. The van der Waals surface area contributed by atoms with Crippen molar-refractivity contribution in [2.45, 2.75) is 38.6 Å². The van der Waals surface area contributed by atoms with Crippen LogP contribution in [-0.2, 0) is 11.2 Å². The first-order valence-corrected chi connectivity index (χ1v) is 8.13. The number of rotatable bonds is 4. The molecule has 0 spiro atoms. The second-order valence-corrected chi connectivity index (χ2v) is 6.64. The number of nitrogens with zero attached hydrogens (tertiary/aromatic N) is 1. The average molecular weight is 376 g/mol. The molecule has 1 aromatic rings. The van der Waals surface area contributed by atoms with E-state index in [9.17, 15) is 4.79 Å². The van der Waals surface area contributed by atoms with Crippen LogP contribution in [0.25, 0.3) is 0 Å². The first kappa shape index (κ1) is 18.5. The Morgan fingerprint density at radius 2 is 2.10 bits per heavy atom. The molecular formula is C16H24BrClN2O. The molecule has 1 aromatic carbocycles. The van der Waals surface area contributed by atoms with Gasteiger partial charge in [0.05, 0.1) is 0 Å². The predicted molar refractivity (Wildman–Crippen MR) is 92.7 cm³/mol. The third-order valence-corrected chi connectivity index (χ3v) is 4.62. The highest BCUT2D eigenvalue weighted by atomic mass is 79.9. The molecule has 1 heterocycles. The summed E-state index contributed by atoms with van der Waals surface area (Å²) in [5, 5.41) is 0. The van der Waals surface area contributed by atoms with Gasteiger partial charge in [0, 0.05) is 30.0 Å². The van der Waals surface area contributed by atoms with Crippen LogP contribution >= 0.6 is 28.3 Å². The Morgan fingerprint density at radius 3 is 2.71 bits per heavy atom. The smallest absolute Gasteiger partial charge is 0.222 e. The van der Waals surface area contributed by atoms with E-state index in [0.29, 0.717) is 12.3 Å². The Morgan fingerprint density at radius 1 is 1.43 bits per heavy atom. The minimum Gasteiger partial charge on any atom is -0.342 e. The summed E-state index contributed by atoms with van der Waals surface area (Å²) in [6.45, 7) is 3.76. The van der Waals surface area contributed by atoms with Crippen molar-refractivity contribution in [1.29, 1.82) is 0 Å². The van der Waals surface area contributed by atoms with Gasteiger partial charge >= 0.3 is 0 Å². The SMILES string of the molecule is CC(N)C1CCCN(C(=O)CCc2ccc(Br)cc2)C1.Cl. The summed E-state index contributed by atoms with van der Waals surface area (Å²) in [7, 11) is 0. The van der Waals surface area contributed by atoms with Crippen LogP contribution in [-0.4, -0.2) is 29.9 Å². The number of likely N-dealkylation sites (tertiary alicyclic amines) is 1. The molecule has 1 fully saturated rings. The van der Waals surface area contributed by atoms with Crippen molar-refractivity contribution in [1.82, 2.24) is 4.90 Å². The molecule has 3 nitrogen and oxygen atoms in total. The van der Waals surface area contributed by atoms with E-state index in [1.807, 2.05) is 24.0 Å². The second-order valence-electron chi connectivity index (χ2n) is 5.73. The number of halogens is 2. The number of hydrogen-bond acceptors (Lipinski definition) is 2. The molecule has 21 heavy (non-hydrogen) atoms. The van der Waals surface area contributed by atoms with Gasteiger partial charge in [0.2, 0.25) is 5.91 Å². The molecule has 2 rings (SSSR count). The topological polar surface area (TPSA) is 46.3 Å². The Labute approximate surface area is 141 Å². The summed E-state index contributed by atoms with van der Waals surface area (Å²) in [4.78, 5) is 14.3. The molecule has 0 bridgehead atoms. The molecule has 0 aromatic heterocycles. The summed E-state index contributed by atoms with van der Waals surface area (Å²) < 4.78 is 1.07. The van der Waals surface area contributed by atoms with Crippen molar-refractivity contribution in [3.05, 3.63) is 34.3 Å². The van der Waals surface area contributed by atoms with E-state index in [1.54, 1.807) is 0 Å². The Kier molecular flexibility index (Phi) is 7.71. The Bertz CT molecular complexity index is 450. The van der Waals surface area contributed by atoms with Gasteiger partial charge in [0.25, 0.3) is 0 Å². The van der Waals surface area contributed by atoms with E-state index >= 15 is 0 Å². The normalized spacial score (nSPS) is 19.8. The van der Waals surface area contributed by atoms with Crippen LogP contribution in [0, 0.1) is 5.92 Å². The van der Waals surface area contributed by atoms with Crippen molar-refractivity contribution < 1.29 is 4.79 Å². The third kappa shape index (κ3) is 5.61. The zero-order chi connectivity index (χ0) is 14.5. The monoisotopic (exact) mass is 374 g/mol. The number of hydrogen-bond donors (Lipinski definition) is 1. The standard InChI is InChI=1S/C16H23BrN2O.ClH/c1-12(18)14-3-2-10-19(11-14)16(20)9-6-13-4-7-15(17)8-5-13;/h4-5,7-8,12,14H,2-3,6,9-11,18H2,1H3;1H. The minimum atomic E-state index is 0. The summed E-state index contributed by atoms with van der Waals surface area (Å²) in [6.07, 6.45) is 3.63. The van der Waals surface area contributed by atoms with Crippen LogP contribution in [0.2, 0.25) is 0 Å². The number of amides is 1. The zero-order valence-electron chi connectivity index (χ0n) is 12.4. The highest BCUT2D eigenvalue weighted by Crippen LogP contribution is 2.20. The van der Waals surface area contributed by atoms with Crippen LogP contribution in [0.5, 0.6) is 0 Å². The van der Waals surface area contributed by atoms with Crippen molar-refractivity contribution in [2.24, 2.45) is 11.7 Å². The van der Waals surface area contributed by atoms with Gasteiger partial charge in [0.1, 0.15) is 0 Å². The summed E-state index contributed by atoms with van der Waals surface area (Å²) in [5.74, 6) is 0.721. The van der Waals surface area contributed by atoms with Crippen molar-refractivity contribution in [2.75, 3.05) is 13.1 Å². The molecule has 1 aliphatic heterocycles. The van der Waals surface area contributed by atoms with Gasteiger partial charge in [-0.15, -0.1) is 12.4 Å². The lowest BCUT2D eigenvalue weighted by Gasteiger charge is -2.34. The summed E-state index contributed by atoms with van der Waals surface area (Å²) in [5.41, 5.74) is 7.18. The molecule has 118 valence electrons. The van der Waals surface area contributed by atoms with Gasteiger partial charge in [-0.1, -0.05) is 28.1 Å². The van der Waals surface area contributed by atoms with Crippen LogP contribution in [0.1, 0.15) is 31.7 Å². The van der Waals surface area contributed by atoms with Gasteiger partial charge in [-0.05, 0) is 49.8 Å². The predicted octanol–water partition coefficient (Wildman–Crippen LogP) is 3.39. The first-order chi connectivity index (χ1) is 9.56. The number of carbonyl (C=O) groups is 1. The molecule has 2 N–H and O–H groups in total. The number of piperidine rings is 1. The van der Waals surface area contributed by atoms with Gasteiger partial charge in [0.15, 0.2) is 0 Å². The van der Waals surface area contributed by atoms with E-state index in [1.165, 1.54) is 5.56 Å². The Balaban J connectivity index is 0.00000220. The fourth-order valence-corrected chi connectivity index (χ4v) is 2.99. The fraction of sp³-hybridized carbons (Fsp3) is 0.562. The van der Waals surface area contributed by atoms with Crippen LogP contribution in [0.15, 0.2) is 28.7 Å². The van der Waals surface area contributed by atoms with Crippen LogP contribution < -0.4 is 5.73 Å². The lowest BCUT2D eigenvalue weighted by Crippen LogP contribution is -2.45. The lowest BCUT2D eigenvalue weighted by molar-refractivity contribution is -0.133. The van der Waals surface area contributed by atoms with Gasteiger partial charge in [-0.25, -0.2) is 0 Å². The number of carbonyl (C=O) groups excluding carboxylic acids is 1. The lowest BCUT2D eigenvalue weighted by atomic mass is 9.92. The molecule has 0 aliphatic carbocycles. The molecule has 0 saturated carbocycles. The fourth-order valence-electron chi connectivity index (χ4n) is 2.73. The highest BCUT2D eigenvalue weighted by Gasteiger charge is 2.25. The average Bonchev–Trinajstić information content (AvgIpc) is 2.46.